The van der Waals surface area contributed by atoms with Crippen molar-refractivity contribution in [2.75, 3.05) is 13.2 Å². The van der Waals surface area contributed by atoms with Crippen LogP contribution in [0.1, 0.15) is 42.1 Å². The van der Waals surface area contributed by atoms with Gasteiger partial charge in [-0.3, -0.25) is 9.59 Å². The molecule has 134 valence electrons. The van der Waals surface area contributed by atoms with E-state index < -0.39 is 5.41 Å². The summed E-state index contributed by atoms with van der Waals surface area (Å²) in [4.78, 5) is 33.3. The van der Waals surface area contributed by atoms with Gasteiger partial charge in [0.25, 0.3) is 5.56 Å². The Bertz CT molecular complexity index is 926. The van der Waals surface area contributed by atoms with E-state index in [1.54, 1.807) is 11.3 Å². The van der Waals surface area contributed by atoms with Crippen molar-refractivity contribution in [3.05, 3.63) is 26.6 Å². The molecule has 25 heavy (non-hydrogen) atoms. The zero-order chi connectivity index (χ0) is 18.0. The molecule has 0 radical (unpaired) electrons. The standard InChI is InChI=1S/C17H22N4O3S/c1-8-10(3)25-14-11(8)13(22)20-12(21-14)9(2)19-6-17-4-16(5-17,7-24-17)15(18)23/h9,19H,4-7H2,1-3H3,(H2,18,23)(H,20,21,22). The monoisotopic (exact) mass is 362 g/mol. The molecule has 2 aromatic heterocycles. The summed E-state index contributed by atoms with van der Waals surface area (Å²) in [6.45, 7) is 6.93. The Balaban J connectivity index is 1.49. The van der Waals surface area contributed by atoms with Gasteiger partial charge in [0.15, 0.2) is 0 Å². The number of ether oxygens (including phenoxy) is 1. The number of aryl methyl sites for hydroxylation is 2. The van der Waals surface area contributed by atoms with Crippen LogP contribution in [0.5, 0.6) is 0 Å². The first-order valence-electron chi connectivity index (χ1n) is 8.42. The van der Waals surface area contributed by atoms with Gasteiger partial charge in [-0.1, -0.05) is 0 Å². The molecule has 7 nitrogen and oxygen atoms in total. The lowest BCUT2D eigenvalue weighted by atomic mass is 9.62. The number of carbonyl (C=O) groups is 1. The summed E-state index contributed by atoms with van der Waals surface area (Å²) in [6.07, 6.45) is 1.34. The van der Waals surface area contributed by atoms with Crippen LogP contribution in [0.2, 0.25) is 0 Å². The zero-order valence-corrected chi connectivity index (χ0v) is 15.4. The average Bonchev–Trinajstić information content (AvgIpc) is 3.16. The highest BCUT2D eigenvalue weighted by molar-refractivity contribution is 7.18. The van der Waals surface area contributed by atoms with Gasteiger partial charge in [-0.2, -0.15) is 0 Å². The smallest absolute Gasteiger partial charge is 0.259 e. The fourth-order valence-electron chi connectivity index (χ4n) is 4.01. The summed E-state index contributed by atoms with van der Waals surface area (Å²) in [5.74, 6) is 0.349. The summed E-state index contributed by atoms with van der Waals surface area (Å²) < 4.78 is 5.82. The number of nitrogens with one attached hydrogen (secondary N) is 2. The van der Waals surface area contributed by atoms with Gasteiger partial charge in [-0.15, -0.1) is 11.3 Å². The van der Waals surface area contributed by atoms with Crippen molar-refractivity contribution >= 4 is 27.5 Å². The predicted octanol–water partition coefficient (Wildman–Crippen LogP) is 1.29. The van der Waals surface area contributed by atoms with Crippen molar-refractivity contribution in [1.29, 1.82) is 0 Å². The number of thiophene rings is 1. The number of hydrogen-bond acceptors (Lipinski definition) is 6. The Morgan fingerprint density at radius 2 is 2.20 bits per heavy atom. The Morgan fingerprint density at radius 1 is 1.48 bits per heavy atom. The molecule has 8 heteroatoms. The number of hydrogen-bond donors (Lipinski definition) is 3. The molecule has 4 N–H and O–H groups in total. The SMILES string of the molecule is Cc1sc2nc(C(C)NCC34CC(C(N)=O)(CO3)C4)[nH]c(=O)c2c1C. The molecular formula is C17H22N4O3S. The van der Waals surface area contributed by atoms with Crippen LogP contribution < -0.4 is 16.6 Å². The number of carbonyl (C=O) groups excluding carboxylic acids is 1. The van der Waals surface area contributed by atoms with E-state index in [1.165, 1.54) is 0 Å². The van der Waals surface area contributed by atoms with Gasteiger partial charge in [0.1, 0.15) is 10.7 Å². The summed E-state index contributed by atoms with van der Waals surface area (Å²) in [5, 5.41) is 4.07. The van der Waals surface area contributed by atoms with E-state index in [4.69, 9.17) is 10.5 Å². The summed E-state index contributed by atoms with van der Waals surface area (Å²) in [6, 6.07) is -0.123. The maximum absolute atomic E-state index is 12.4. The Labute approximate surface area is 149 Å². The highest BCUT2D eigenvalue weighted by atomic mass is 32.1. The minimum Gasteiger partial charge on any atom is -0.372 e. The van der Waals surface area contributed by atoms with Crippen LogP contribution in [0, 0.1) is 19.3 Å². The van der Waals surface area contributed by atoms with Crippen LogP contribution in [-0.4, -0.2) is 34.6 Å². The molecule has 2 saturated heterocycles. The molecule has 2 bridgehead atoms. The summed E-state index contributed by atoms with van der Waals surface area (Å²) in [5.41, 5.74) is 5.59. The molecule has 1 saturated carbocycles. The average molecular weight is 362 g/mol. The molecule has 2 aromatic rings. The second kappa shape index (κ2) is 5.36. The highest BCUT2D eigenvalue weighted by Crippen LogP contribution is 2.57. The largest absolute Gasteiger partial charge is 0.372 e. The number of rotatable bonds is 5. The molecule has 1 unspecified atom stereocenters. The number of nitrogens with zero attached hydrogens (tertiary/aromatic N) is 1. The highest BCUT2D eigenvalue weighted by Gasteiger charge is 2.65. The number of fused-ring (bicyclic) bond motifs is 2. The quantitative estimate of drug-likeness (QED) is 0.742. The van der Waals surface area contributed by atoms with Crippen molar-refractivity contribution < 1.29 is 9.53 Å². The third kappa shape index (κ3) is 2.43. The Kier molecular flexibility index (Phi) is 3.58. The van der Waals surface area contributed by atoms with Crippen LogP contribution in [-0.2, 0) is 9.53 Å². The fraction of sp³-hybridized carbons (Fsp3) is 0.588. The third-order valence-electron chi connectivity index (χ3n) is 5.70. The van der Waals surface area contributed by atoms with Crippen molar-refractivity contribution in [3.63, 3.8) is 0 Å². The predicted molar refractivity (Wildman–Crippen MR) is 95.7 cm³/mol. The topological polar surface area (TPSA) is 110 Å². The fourth-order valence-corrected chi connectivity index (χ4v) is 5.05. The van der Waals surface area contributed by atoms with E-state index >= 15 is 0 Å². The molecule has 3 fully saturated rings. The molecule has 1 amide bonds. The van der Waals surface area contributed by atoms with Crippen molar-refractivity contribution in [2.45, 2.75) is 45.3 Å². The van der Waals surface area contributed by atoms with E-state index in [9.17, 15) is 9.59 Å². The maximum Gasteiger partial charge on any atom is 0.259 e. The number of nitrogens with two attached hydrogens (primary N) is 1. The summed E-state index contributed by atoms with van der Waals surface area (Å²) in [7, 11) is 0. The van der Waals surface area contributed by atoms with Crippen LogP contribution >= 0.6 is 11.3 Å². The second-order valence-corrected chi connectivity index (χ2v) is 8.69. The first-order valence-corrected chi connectivity index (χ1v) is 9.24. The lowest BCUT2D eigenvalue weighted by Crippen LogP contribution is -2.55. The lowest BCUT2D eigenvalue weighted by molar-refractivity contribution is -0.132. The van der Waals surface area contributed by atoms with Gasteiger partial charge >= 0.3 is 0 Å². The molecule has 0 spiro atoms. The third-order valence-corrected chi connectivity index (χ3v) is 6.80. The van der Waals surface area contributed by atoms with Gasteiger partial charge in [-0.25, -0.2) is 4.98 Å². The second-order valence-electron chi connectivity index (χ2n) is 7.49. The molecule has 5 rings (SSSR count). The maximum atomic E-state index is 12.4. The van der Waals surface area contributed by atoms with Crippen molar-refractivity contribution in [3.8, 4) is 0 Å². The first kappa shape index (κ1) is 16.7. The van der Waals surface area contributed by atoms with Gasteiger partial charge in [0.05, 0.1) is 29.1 Å². The van der Waals surface area contributed by atoms with E-state index in [2.05, 4.69) is 15.3 Å². The van der Waals surface area contributed by atoms with Gasteiger partial charge < -0.3 is 20.8 Å². The Morgan fingerprint density at radius 3 is 2.84 bits per heavy atom. The molecule has 1 aliphatic carbocycles. The number of aromatic nitrogens is 2. The van der Waals surface area contributed by atoms with Crippen LogP contribution in [0.4, 0.5) is 0 Å². The number of aromatic amines is 1. The van der Waals surface area contributed by atoms with E-state index in [0.717, 1.165) is 15.3 Å². The minimum atomic E-state index is -0.470. The zero-order valence-electron chi connectivity index (χ0n) is 14.6. The molecule has 0 aromatic carbocycles. The van der Waals surface area contributed by atoms with Gasteiger partial charge in [-0.05, 0) is 39.2 Å². The van der Waals surface area contributed by atoms with E-state index in [0.29, 0.717) is 37.2 Å². The molecule has 3 aliphatic rings. The van der Waals surface area contributed by atoms with Gasteiger partial charge in [0, 0.05) is 11.4 Å². The van der Waals surface area contributed by atoms with E-state index in [-0.39, 0.29) is 23.1 Å². The molecular weight excluding hydrogens is 340 g/mol. The molecule has 1 atom stereocenters. The van der Waals surface area contributed by atoms with Crippen LogP contribution in [0.3, 0.4) is 0 Å². The molecule has 2 aliphatic heterocycles. The lowest BCUT2D eigenvalue weighted by Gasteiger charge is -2.43. The van der Waals surface area contributed by atoms with Gasteiger partial charge in [0.2, 0.25) is 5.91 Å². The van der Waals surface area contributed by atoms with Crippen LogP contribution in [0.15, 0.2) is 4.79 Å². The molecule has 4 heterocycles. The van der Waals surface area contributed by atoms with Crippen molar-refractivity contribution in [1.82, 2.24) is 15.3 Å². The number of amides is 1. The first-order chi connectivity index (χ1) is 11.8. The number of H-pyrrole nitrogens is 1. The van der Waals surface area contributed by atoms with Crippen LogP contribution in [0.25, 0.3) is 10.2 Å². The van der Waals surface area contributed by atoms with Crippen molar-refractivity contribution in [2.24, 2.45) is 11.1 Å². The summed E-state index contributed by atoms with van der Waals surface area (Å²) >= 11 is 1.54. The normalized spacial score (nSPS) is 28.9. The Hall–Kier alpha value is -1.77. The minimum absolute atomic E-state index is 0.0952. The number of primary amides is 1. The van der Waals surface area contributed by atoms with E-state index in [1.807, 2.05) is 20.8 Å².